The molecular weight excluding hydrogens is 244 g/mol. The third kappa shape index (κ3) is 4.82. The van der Waals surface area contributed by atoms with Gasteiger partial charge in [-0.2, -0.15) is 0 Å². The van der Waals surface area contributed by atoms with Crippen molar-refractivity contribution in [2.45, 2.75) is 54.0 Å². The number of para-hydroxylation sites is 1. The van der Waals surface area contributed by atoms with Crippen LogP contribution in [0.1, 0.15) is 46.6 Å². The van der Waals surface area contributed by atoms with E-state index in [1.54, 1.807) is 0 Å². The van der Waals surface area contributed by atoms with Crippen molar-refractivity contribution >= 4 is 5.69 Å². The van der Waals surface area contributed by atoms with Crippen LogP contribution in [0.3, 0.4) is 0 Å². The van der Waals surface area contributed by atoms with Crippen molar-refractivity contribution in [2.75, 3.05) is 24.5 Å². The molecule has 0 aliphatic rings. The van der Waals surface area contributed by atoms with Crippen LogP contribution >= 0.6 is 0 Å². The van der Waals surface area contributed by atoms with Gasteiger partial charge < -0.3 is 10.2 Å². The Labute approximate surface area is 125 Å². The lowest BCUT2D eigenvalue weighted by Crippen LogP contribution is -2.44. The quantitative estimate of drug-likeness (QED) is 0.764. The summed E-state index contributed by atoms with van der Waals surface area (Å²) >= 11 is 0. The van der Waals surface area contributed by atoms with Crippen LogP contribution in [0.5, 0.6) is 0 Å². The van der Waals surface area contributed by atoms with Gasteiger partial charge in [0.2, 0.25) is 0 Å². The predicted molar refractivity (Wildman–Crippen MR) is 90.6 cm³/mol. The van der Waals surface area contributed by atoms with Crippen LogP contribution in [0.4, 0.5) is 5.69 Å². The monoisotopic (exact) mass is 276 g/mol. The average molecular weight is 276 g/mol. The highest BCUT2D eigenvalue weighted by Crippen LogP contribution is 2.27. The highest BCUT2D eigenvalue weighted by molar-refractivity contribution is 5.53. The molecule has 0 bridgehead atoms. The second kappa shape index (κ2) is 7.68. The molecule has 0 amide bonds. The Morgan fingerprint density at radius 3 is 2.35 bits per heavy atom. The molecule has 114 valence electrons. The standard InChI is InChI=1S/C18H32N2/c1-7-18(6,13-19-15(3)4)14-20(8-2)17-12-10-9-11-16(17)5/h9-12,15,19H,7-8,13-14H2,1-6H3. The Morgan fingerprint density at radius 1 is 1.20 bits per heavy atom. The van der Waals surface area contributed by atoms with Gasteiger partial charge in [-0.15, -0.1) is 0 Å². The molecule has 0 aliphatic carbocycles. The molecular formula is C18H32N2. The molecule has 0 saturated heterocycles. The van der Waals surface area contributed by atoms with Gasteiger partial charge in [-0.05, 0) is 37.3 Å². The zero-order valence-corrected chi connectivity index (χ0v) is 14.2. The molecule has 1 aromatic carbocycles. The first kappa shape index (κ1) is 17.0. The van der Waals surface area contributed by atoms with Gasteiger partial charge in [0, 0.05) is 31.4 Å². The lowest BCUT2D eigenvalue weighted by Gasteiger charge is -2.37. The first-order valence-electron chi connectivity index (χ1n) is 7.96. The summed E-state index contributed by atoms with van der Waals surface area (Å²) in [4.78, 5) is 2.51. The number of benzene rings is 1. The zero-order chi connectivity index (χ0) is 15.2. The number of aryl methyl sites for hydroxylation is 1. The van der Waals surface area contributed by atoms with Crippen LogP contribution in [-0.4, -0.2) is 25.7 Å². The Morgan fingerprint density at radius 2 is 1.85 bits per heavy atom. The number of nitrogens with zero attached hydrogens (tertiary/aromatic N) is 1. The Balaban J connectivity index is 2.82. The zero-order valence-electron chi connectivity index (χ0n) is 14.2. The maximum Gasteiger partial charge on any atom is 0.0396 e. The fourth-order valence-corrected chi connectivity index (χ4v) is 2.49. The van der Waals surface area contributed by atoms with E-state index in [0.717, 1.165) is 19.6 Å². The molecule has 20 heavy (non-hydrogen) atoms. The number of anilines is 1. The Kier molecular flexibility index (Phi) is 6.54. The molecule has 0 aromatic heterocycles. The summed E-state index contributed by atoms with van der Waals surface area (Å²) in [7, 11) is 0. The smallest absolute Gasteiger partial charge is 0.0396 e. The van der Waals surface area contributed by atoms with Gasteiger partial charge >= 0.3 is 0 Å². The van der Waals surface area contributed by atoms with Crippen molar-refractivity contribution in [3.05, 3.63) is 29.8 Å². The fourth-order valence-electron chi connectivity index (χ4n) is 2.49. The second-order valence-electron chi connectivity index (χ2n) is 6.50. The van der Waals surface area contributed by atoms with Gasteiger partial charge in [0.05, 0.1) is 0 Å². The van der Waals surface area contributed by atoms with Gasteiger partial charge in [-0.25, -0.2) is 0 Å². The molecule has 0 fully saturated rings. The van der Waals surface area contributed by atoms with E-state index in [-0.39, 0.29) is 0 Å². The molecule has 1 N–H and O–H groups in total. The fraction of sp³-hybridized carbons (Fsp3) is 0.667. The largest absolute Gasteiger partial charge is 0.371 e. The molecule has 0 saturated carbocycles. The lowest BCUT2D eigenvalue weighted by molar-refractivity contribution is 0.287. The Bertz CT molecular complexity index is 400. The summed E-state index contributed by atoms with van der Waals surface area (Å²) in [6.07, 6.45) is 1.19. The van der Waals surface area contributed by atoms with Gasteiger partial charge in [-0.3, -0.25) is 0 Å². The van der Waals surface area contributed by atoms with Gasteiger partial charge in [0.25, 0.3) is 0 Å². The van der Waals surface area contributed by atoms with Crippen LogP contribution in [0, 0.1) is 12.3 Å². The van der Waals surface area contributed by atoms with Crippen LogP contribution in [0.25, 0.3) is 0 Å². The minimum Gasteiger partial charge on any atom is -0.371 e. The molecule has 1 aromatic rings. The first-order chi connectivity index (χ1) is 9.41. The maximum atomic E-state index is 3.61. The van der Waals surface area contributed by atoms with Crippen molar-refractivity contribution in [3.63, 3.8) is 0 Å². The second-order valence-corrected chi connectivity index (χ2v) is 6.50. The minimum absolute atomic E-state index is 0.308. The van der Waals surface area contributed by atoms with E-state index in [2.05, 4.69) is 76.0 Å². The maximum absolute atomic E-state index is 3.61. The van der Waals surface area contributed by atoms with Crippen LogP contribution < -0.4 is 10.2 Å². The summed E-state index contributed by atoms with van der Waals surface area (Å²) in [5.41, 5.74) is 3.05. The molecule has 0 spiro atoms. The molecule has 0 heterocycles. The number of hydrogen-bond donors (Lipinski definition) is 1. The molecule has 1 atom stereocenters. The van der Waals surface area contributed by atoms with Crippen LogP contribution in [0.15, 0.2) is 24.3 Å². The SMILES string of the molecule is CCN(CC(C)(CC)CNC(C)C)c1ccccc1C. The van der Waals surface area contributed by atoms with Crippen molar-refractivity contribution in [1.82, 2.24) is 5.32 Å². The number of rotatable bonds is 8. The first-order valence-corrected chi connectivity index (χ1v) is 7.96. The minimum atomic E-state index is 0.308. The van der Waals surface area contributed by atoms with E-state index in [1.165, 1.54) is 17.7 Å². The van der Waals surface area contributed by atoms with Crippen molar-refractivity contribution in [2.24, 2.45) is 5.41 Å². The van der Waals surface area contributed by atoms with Crippen molar-refractivity contribution in [1.29, 1.82) is 0 Å². The number of nitrogens with one attached hydrogen (secondary N) is 1. The van der Waals surface area contributed by atoms with Crippen LogP contribution in [0.2, 0.25) is 0 Å². The third-order valence-corrected chi connectivity index (χ3v) is 4.20. The van der Waals surface area contributed by atoms with Crippen molar-refractivity contribution in [3.8, 4) is 0 Å². The van der Waals surface area contributed by atoms with E-state index < -0.39 is 0 Å². The van der Waals surface area contributed by atoms with E-state index in [4.69, 9.17) is 0 Å². The number of hydrogen-bond acceptors (Lipinski definition) is 2. The van der Waals surface area contributed by atoms with E-state index in [9.17, 15) is 0 Å². The van der Waals surface area contributed by atoms with E-state index in [1.807, 2.05) is 0 Å². The Hall–Kier alpha value is -1.02. The van der Waals surface area contributed by atoms with Gasteiger partial charge in [0.1, 0.15) is 0 Å². The van der Waals surface area contributed by atoms with E-state index in [0.29, 0.717) is 11.5 Å². The summed E-state index contributed by atoms with van der Waals surface area (Å²) in [6.45, 7) is 16.8. The molecule has 1 unspecified atom stereocenters. The van der Waals surface area contributed by atoms with E-state index >= 15 is 0 Å². The summed E-state index contributed by atoms with van der Waals surface area (Å²) in [6, 6.07) is 9.25. The molecule has 0 radical (unpaired) electrons. The normalized spacial score (nSPS) is 14.3. The van der Waals surface area contributed by atoms with Gasteiger partial charge in [0.15, 0.2) is 0 Å². The highest BCUT2D eigenvalue weighted by atomic mass is 15.1. The highest BCUT2D eigenvalue weighted by Gasteiger charge is 2.25. The summed E-state index contributed by atoms with van der Waals surface area (Å²) < 4.78 is 0. The molecule has 2 heteroatoms. The van der Waals surface area contributed by atoms with Crippen molar-refractivity contribution < 1.29 is 0 Å². The average Bonchev–Trinajstić information content (AvgIpc) is 2.43. The van der Waals surface area contributed by atoms with Crippen LogP contribution in [-0.2, 0) is 0 Å². The predicted octanol–water partition coefficient (Wildman–Crippen LogP) is 4.24. The molecule has 1 rings (SSSR count). The molecule has 0 aliphatic heterocycles. The summed E-state index contributed by atoms with van der Waals surface area (Å²) in [5.74, 6) is 0. The van der Waals surface area contributed by atoms with Gasteiger partial charge in [-0.1, -0.05) is 45.9 Å². The molecule has 2 nitrogen and oxygen atoms in total. The topological polar surface area (TPSA) is 15.3 Å². The summed E-state index contributed by atoms with van der Waals surface area (Å²) in [5, 5.41) is 3.61. The third-order valence-electron chi connectivity index (χ3n) is 4.20. The lowest BCUT2D eigenvalue weighted by atomic mass is 9.86.